The van der Waals surface area contributed by atoms with Gasteiger partial charge in [0, 0.05) is 26.2 Å². The number of benzene rings is 1. The maximum absolute atomic E-state index is 12.3. The van der Waals surface area contributed by atoms with Crippen LogP contribution in [0.3, 0.4) is 0 Å². The van der Waals surface area contributed by atoms with Gasteiger partial charge in [0.1, 0.15) is 0 Å². The lowest BCUT2D eigenvalue weighted by Crippen LogP contribution is -2.32. The van der Waals surface area contributed by atoms with E-state index in [9.17, 15) is 9.59 Å². The molecule has 0 saturated carbocycles. The van der Waals surface area contributed by atoms with Gasteiger partial charge in [0.25, 0.3) is 11.8 Å². The minimum absolute atomic E-state index is 0.156. The number of fused-ring (bicyclic) bond motifs is 1. The van der Waals surface area contributed by atoms with Crippen LogP contribution in [0, 0.1) is 0 Å². The Labute approximate surface area is 159 Å². The molecule has 0 atom stereocenters. The van der Waals surface area contributed by atoms with E-state index in [0.29, 0.717) is 17.7 Å². The lowest BCUT2D eigenvalue weighted by molar-refractivity contribution is 0.0651. The van der Waals surface area contributed by atoms with Crippen LogP contribution in [0.2, 0.25) is 0 Å². The summed E-state index contributed by atoms with van der Waals surface area (Å²) in [6.07, 6.45) is 7.30. The first-order chi connectivity index (χ1) is 12.1. The maximum Gasteiger partial charge on any atom is 0.261 e. The highest BCUT2D eigenvalue weighted by atomic mass is 32.2. The number of amides is 2. The molecule has 1 aliphatic rings. The molecule has 5 nitrogen and oxygen atoms in total. The van der Waals surface area contributed by atoms with Gasteiger partial charge in [-0.15, -0.1) is 0 Å². The van der Waals surface area contributed by atoms with Crippen molar-refractivity contribution in [1.82, 2.24) is 13.5 Å². The Balaban J connectivity index is 1.72. The van der Waals surface area contributed by atoms with Gasteiger partial charge in [-0.1, -0.05) is 36.0 Å². The van der Waals surface area contributed by atoms with E-state index >= 15 is 0 Å². The fraction of sp³-hybridized carbons (Fsp3) is 0.556. The molecule has 2 amide bonds. The minimum Gasteiger partial charge on any atom is -0.274 e. The van der Waals surface area contributed by atoms with Crippen molar-refractivity contribution < 1.29 is 9.59 Å². The molecule has 0 unspecified atom stereocenters. The average molecular weight is 382 g/mol. The molecule has 2 rings (SSSR count). The number of hydrogen-bond acceptors (Lipinski definition) is 6. The van der Waals surface area contributed by atoms with Crippen LogP contribution in [-0.4, -0.2) is 71.1 Å². The summed E-state index contributed by atoms with van der Waals surface area (Å²) in [6.45, 7) is 3.50. The fourth-order valence-electron chi connectivity index (χ4n) is 2.86. The molecule has 1 aromatic rings. The molecule has 0 saturated heterocycles. The quantitative estimate of drug-likeness (QED) is 0.333. The van der Waals surface area contributed by atoms with Crippen LogP contribution >= 0.6 is 23.9 Å². The molecule has 0 N–H and O–H groups in total. The van der Waals surface area contributed by atoms with Crippen LogP contribution in [0.5, 0.6) is 0 Å². The van der Waals surface area contributed by atoms with Gasteiger partial charge in [0.05, 0.1) is 11.1 Å². The molecule has 138 valence electrons. The van der Waals surface area contributed by atoms with Crippen molar-refractivity contribution in [2.24, 2.45) is 0 Å². The van der Waals surface area contributed by atoms with Crippen molar-refractivity contribution in [2.75, 3.05) is 45.7 Å². The van der Waals surface area contributed by atoms with Crippen LogP contribution in [0.15, 0.2) is 24.3 Å². The number of unbranched alkanes of at least 4 members (excludes halogenated alkanes) is 1. The largest absolute Gasteiger partial charge is 0.274 e. The topological polar surface area (TPSA) is 43.9 Å². The number of carbonyl (C=O) groups excluding carboxylic acids is 2. The van der Waals surface area contributed by atoms with Gasteiger partial charge in [0.2, 0.25) is 0 Å². The molecule has 0 aliphatic carbocycles. The minimum atomic E-state index is -0.156. The smallest absolute Gasteiger partial charge is 0.261 e. The second-order valence-corrected chi connectivity index (χ2v) is 7.88. The van der Waals surface area contributed by atoms with Crippen molar-refractivity contribution in [3.63, 3.8) is 0 Å². The number of rotatable bonds is 11. The van der Waals surface area contributed by atoms with Crippen molar-refractivity contribution in [3.8, 4) is 0 Å². The highest BCUT2D eigenvalue weighted by Gasteiger charge is 2.34. The number of nitrogens with zero attached hydrogens (tertiary/aromatic N) is 3. The third kappa shape index (κ3) is 5.48. The summed E-state index contributed by atoms with van der Waals surface area (Å²) < 4.78 is 4.56. The highest BCUT2D eigenvalue weighted by molar-refractivity contribution is 7.96. The molecular weight excluding hydrogens is 354 g/mol. The standard InChI is InChI=1S/C18H27N3O2S2/c1-19(24-2)11-6-7-12-20(25-3)13-8-14-21-17(22)15-9-4-5-10-16(15)18(21)23/h4-5,9-10H,6-8,11-14H2,1-3H3. The van der Waals surface area contributed by atoms with E-state index in [1.54, 1.807) is 48.2 Å². The summed E-state index contributed by atoms with van der Waals surface area (Å²) in [4.78, 5) is 26.1. The van der Waals surface area contributed by atoms with Crippen LogP contribution < -0.4 is 0 Å². The van der Waals surface area contributed by atoms with Crippen LogP contribution in [0.4, 0.5) is 0 Å². The Morgan fingerprint density at radius 1 is 0.880 bits per heavy atom. The maximum atomic E-state index is 12.3. The molecule has 0 bridgehead atoms. The van der Waals surface area contributed by atoms with E-state index in [-0.39, 0.29) is 11.8 Å². The van der Waals surface area contributed by atoms with E-state index in [1.165, 1.54) is 11.3 Å². The van der Waals surface area contributed by atoms with Crippen LogP contribution in [-0.2, 0) is 0 Å². The Kier molecular flexibility index (Phi) is 8.29. The van der Waals surface area contributed by atoms with E-state index in [4.69, 9.17) is 0 Å². The number of hydrogen-bond donors (Lipinski definition) is 0. The van der Waals surface area contributed by atoms with Crippen molar-refractivity contribution in [3.05, 3.63) is 35.4 Å². The zero-order valence-electron chi connectivity index (χ0n) is 15.2. The first-order valence-electron chi connectivity index (χ1n) is 8.58. The SMILES string of the molecule is CSN(C)CCCCN(CCCN1C(=O)c2ccccc2C1=O)SC. The summed E-state index contributed by atoms with van der Waals surface area (Å²) in [5, 5.41) is 0. The molecule has 7 heteroatoms. The zero-order valence-corrected chi connectivity index (χ0v) is 16.9. The zero-order chi connectivity index (χ0) is 18.2. The van der Waals surface area contributed by atoms with Crippen molar-refractivity contribution in [2.45, 2.75) is 19.3 Å². The van der Waals surface area contributed by atoms with E-state index in [0.717, 1.165) is 32.5 Å². The monoisotopic (exact) mass is 381 g/mol. The second-order valence-electron chi connectivity index (χ2n) is 6.01. The third-order valence-corrected chi connectivity index (χ3v) is 6.06. The van der Waals surface area contributed by atoms with Crippen LogP contribution in [0.1, 0.15) is 40.0 Å². The summed E-state index contributed by atoms with van der Waals surface area (Å²) >= 11 is 3.49. The summed E-state index contributed by atoms with van der Waals surface area (Å²) in [5.41, 5.74) is 1.07. The molecule has 0 spiro atoms. The van der Waals surface area contributed by atoms with Crippen molar-refractivity contribution in [1.29, 1.82) is 0 Å². The summed E-state index contributed by atoms with van der Waals surface area (Å²) in [7, 11) is 2.11. The van der Waals surface area contributed by atoms with E-state index in [1.807, 2.05) is 0 Å². The number of imide groups is 1. The average Bonchev–Trinajstić information content (AvgIpc) is 2.88. The fourth-order valence-corrected chi connectivity index (χ4v) is 3.79. The van der Waals surface area contributed by atoms with E-state index in [2.05, 4.69) is 28.2 Å². The molecule has 0 radical (unpaired) electrons. The summed E-state index contributed by atoms with van der Waals surface area (Å²) in [5.74, 6) is -0.312. The lowest BCUT2D eigenvalue weighted by Gasteiger charge is -2.21. The molecular formula is C18H27N3O2S2. The van der Waals surface area contributed by atoms with Gasteiger partial charge in [-0.2, -0.15) is 0 Å². The molecule has 1 aliphatic heterocycles. The third-order valence-electron chi connectivity index (χ3n) is 4.37. The van der Waals surface area contributed by atoms with Gasteiger partial charge < -0.3 is 0 Å². The Morgan fingerprint density at radius 2 is 1.44 bits per heavy atom. The van der Waals surface area contributed by atoms with Crippen molar-refractivity contribution >= 4 is 35.7 Å². The van der Waals surface area contributed by atoms with E-state index < -0.39 is 0 Å². The van der Waals surface area contributed by atoms with Crippen LogP contribution in [0.25, 0.3) is 0 Å². The molecule has 1 heterocycles. The molecule has 0 fully saturated rings. The number of carbonyl (C=O) groups is 2. The summed E-state index contributed by atoms with van der Waals surface area (Å²) in [6, 6.07) is 7.07. The molecule has 1 aromatic carbocycles. The second kappa shape index (κ2) is 10.2. The Morgan fingerprint density at radius 3 is 2.00 bits per heavy atom. The Hall–Kier alpha value is -1.02. The highest BCUT2D eigenvalue weighted by Crippen LogP contribution is 2.22. The van der Waals surface area contributed by atoms with Gasteiger partial charge in [-0.25, -0.2) is 0 Å². The molecule has 25 heavy (non-hydrogen) atoms. The molecule has 0 aromatic heterocycles. The predicted molar refractivity (Wildman–Crippen MR) is 107 cm³/mol. The first-order valence-corrected chi connectivity index (χ1v) is 10.9. The van der Waals surface area contributed by atoms with Gasteiger partial charge >= 0.3 is 0 Å². The predicted octanol–water partition coefficient (Wildman–Crippen LogP) is 3.24. The first kappa shape index (κ1) is 20.3. The van der Waals surface area contributed by atoms with Gasteiger partial charge in [0.15, 0.2) is 0 Å². The normalized spacial score (nSPS) is 14.0. The van der Waals surface area contributed by atoms with Gasteiger partial charge in [-0.05, 0) is 51.0 Å². The Bertz CT molecular complexity index is 562. The lowest BCUT2D eigenvalue weighted by atomic mass is 10.1. The van der Waals surface area contributed by atoms with Gasteiger partial charge in [-0.3, -0.25) is 23.1 Å².